The Hall–Kier alpha value is -4.93. The lowest BCUT2D eigenvalue weighted by Gasteiger charge is -2.38. The number of aromatic nitrogens is 7. The Morgan fingerprint density at radius 1 is 0.857 bits per heavy atom. The molecule has 1 aliphatic rings. The van der Waals surface area contributed by atoms with Gasteiger partial charge in [-0.05, 0) is 53.8 Å². The van der Waals surface area contributed by atoms with Gasteiger partial charge in [0.15, 0.2) is 5.65 Å². The summed E-state index contributed by atoms with van der Waals surface area (Å²) >= 11 is 0. The number of rotatable bonds is 7. The summed E-state index contributed by atoms with van der Waals surface area (Å²) < 4.78 is 4.93. The summed E-state index contributed by atoms with van der Waals surface area (Å²) in [7, 11) is 0. The first-order valence-corrected chi connectivity index (χ1v) is 14.0. The molecule has 7 rings (SSSR count). The van der Waals surface area contributed by atoms with E-state index in [1.54, 1.807) is 21.8 Å². The molecule has 0 saturated carbocycles. The van der Waals surface area contributed by atoms with Gasteiger partial charge >= 0.3 is 0 Å². The van der Waals surface area contributed by atoms with Crippen molar-refractivity contribution in [1.29, 1.82) is 0 Å². The summed E-state index contributed by atoms with van der Waals surface area (Å²) in [5, 5.41) is 24.2. The van der Waals surface area contributed by atoms with Gasteiger partial charge in [0.05, 0.1) is 42.1 Å². The van der Waals surface area contributed by atoms with E-state index < -0.39 is 5.60 Å². The lowest BCUT2D eigenvalue weighted by Crippen LogP contribution is -2.47. The summed E-state index contributed by atoms with van der Waals surface area (Å²) in [4.78, 5) is 20.3. The van der Waals surface area contributed by atoms with Crippen LogP contribution in [0, 0.1) is 0 Å². The van der Waals surface area contributed by atoms with Crippen molar-refractivity contribution in [2.45, 2.75) is 31.5 Å². The molecule has 1 fully saturated rings. The summed E-state index contributed by atoms with van der Waals surface area (Å²) in [6, 6.07) is 26.4. The molecule has 210 valence electrons. The van der Waals surface area contributed by atoms with Crippen LogP contribution in [0.5, 0.6) is 0 Å². The monoisotopic (exact) mass is 558 g/mol. The summed E-state index contributed by atoms with van der Waals surface area (Å²) in [5.41, 5.74) is 4.55. The normalized spacial score (nSPS) is 15.3. The van der Waals surface area contributed by atoms with Crippen LogP contribution < -0.4 is 5.56 Å². The molecule has 10 nitrogen and oxygen atoms in total. The van der Waals surface area contributed by atoms with Crippen molar-refractivity contribution in [2.75, 3.05) is 13.1 Å². The van der Waals surface area contributed by atoms with Gasteiger partial charge in [-0.15, -0.1) is 5.10 Å². The van der Waals surface area contributed by atoms with Crippen LogP contribution in [0.3, 0.4) is 0 Å². The Bertz CT molecular complexity index is 1850. The number of aliphatic hydroxyl groups is 1. The van der Waals surface area contributed by atoms with Crippen LogP contribution in [0.4, 0.5) is 0 Å². The van der Waals surface area contributed by atoms with Gasteiger partial charge in [-0.2, -0.15) is 5.10 Å². The number of fused-ring (bicyclic) bond motifs is 1. The van der Waals surface area contributed by atoms with E-state index in [1.165, 1.54) is 16.5 Å². The Labute approximate surface area is 242 Å². The minimum Gasteiger partial charge on any atom is -0.388 e. The number of nitrogens with zero attached hydrogens (tertiary/aromatic N) is 8. The predicted octanol–water partition coefficient (Wildman–Crippen LogP) is 3.86. The average Bonchev–Trinajstić information content (AvgIpc) is 3.72. The molecule has 0 aliphatic carbocycles. The zero-order valence-corrected chi connectivity index (χ0v) is 23.0. The fourth-order valence-corrected chi connectivity index (χ4v) is 5.64. The van der Waals surface area contributed by atoms with Crippen LogP contribution in [-0.4, -0.2) is 63.0 Å². The molecule has 3 aromatic heterocycles. The summed E-state index contributed by atoms with van der Waals surface area (Å²) in [6.45, 7) is 2.48. The van der Waals surface area contributed by atoms with Gasteiger partial charge in [0.1, 0.15) is 11.7 Å². The molecule has 0 bridgehead atoms. The third-order valence-electron chi connectivity index (χ3n) is 8.05. The Kier molecular flexibility index (Phi) is 6.69. The van der Waals surface area contributed by atoms with Gasteiger partial charge in [-0.1, -0.05) is 59.8 Å². The second-order valence-corrected chi connectivity index (χ2v) is 10.9. The molecule has 0 amide bonds. The van der Waals surface area contributed by atoms with Gasteiger partial charge in [-0.3, -0.25) is 14.3 Å². The van der Waals surface area contributed by atoms with Crippen molar-refractivity contribution in [2.24, 2.45) is 0 Å². The molecule has 3 aromatic carbocycles. The summed E-state index contributed by atoms with van der Waals surface area (Å²) in [5.74, 6) is 0. The highest BCUT2D eigenvalue weighted by atomic mass is 16.3. The maximum Gasteiger partial charge on any atom is 0.264 e. The lowest BCUT2D eigenvalue weighted by molar-refractivity contribution is -0.0364. The second kappa shape index (κ2) is 10.8. The zero-order chi connectivity index (χ0) is 28.5. The number of hydrogen-bond acceptors (Lipinski definition) is 7. The van der Waals surface area contributed by atoms with Crippen LogP contribution in [0.15, 0.2) is 109 Å². The third-order valence-corrected chi connectivity index (χ3v) is 8.05. The van der Waals surface area contributed by atoms with Crippen LogP contribution in [0.2, 0.25) is 0 Å². The molecule has 1 N–H and O–H groups in total. The minimum absolute atomic E-state index is 0.199. The SMILES string of the molecule is O=c1c2cnn(-c3ccc(-c4ccccc4)cc3)c2ncn1CC1(O)CCN(Cc2ccc(-n3ccnn3)cc2)CC1. The number of likely N-dealkylation sites (tertiary alicyclic amines) is 1. The van der Waals surface area contributed by atoms with Crippen molar-refractivity contribution in [3.8, 4) is 22.5 Å². The molecule has 0 spiro atoms. The smallest absolute Gasteiger partial charge is 0.264 e. The molecule has 4 heterocycles. The zero-order valence-electron chi connectivity index (χ0n) is 23.0. The highest BCUT2D eigenvalue weighted by Gasteiger charge is 2.33. The Morgan fingerprint density at radius 3 is 2.29 bits per heavy atom. The number of hydrogen-bond donors (Lipinski definition) is 1. The van der Waals surface area contributed by atoms with E-state index in [0.29, 0.717) is 23.9 Å². The maximum absolute atomic E-state index is 13.4. The first kappa shape index (κ1) is 26.0. The summed E-state index contributed by atoms with van der Waals surface area (Å²) in [6.07, 6.45) is 7.71. The largest absolute Gasteiger partial charge is 0.388 e. The van der Waals surface area contributed by atoms with Crippen LogP contribution in [0.25, 0.3) is 33.5 Å². The first-order chi connectivity index (χ1) is 20.5. The molecule has 0 radical (unpaired) electrons. The molecule has 42 heavy (non-hydrogen) atoms. The van der Waals surface area contributed by atoms with Crippen molar-refractivity contribution >= 4 is 11.0 Å². The molecule has 0 atom stereocenters. The third kappa shape index (κ3) is 5.13. The molecular weight excluding hydrogens is 528 g/mol. The maximum atomic E-state index is 13.4. The fraction of sp³-hybridized carbons (Fsp3) is 0.219. The van der Waals surface area contributed by atoms with Crippen LogP contribution in [-0.2, 0) is 13.1 Å². The van der Waals surface area contributed by atoms with Crippen molar-refractivity contribution in [3.63, 3.8) is 0 Å². The highest BCUT2D eigenvalue weighted by molar-refractivity contribution is 5.75. The van der Waals surface area contributed by atoms with E-state index >= 15 is 0 Å². The predicted molar refractivity (Wildman–Crippen MR) is 159 cm³/mol. The van der Waals surface area contributed by atoms with E-state index in [-0.39, 0.29) is 12.1 Å². The fourth-order valence-electron chi connectivity index (χ4n) is 5.64. The highest BCUT2D eigenvalue weighted by Crippen LogP contribution is 2.26. The van der Waals surface area contributed by atoms with E-state index in [9.17, 15) is 9.90 Å². The topological polar surface area (TPSA) is 107 Å². The average molecular weight is 559 g/mol. The van der Waals surface area contributed by atoms with Crippen molar-refractivity contribution in [3.05, 3.63) is 120 Å². The molecule has 0 unspecified atom stereocenters. The Balaban J connectivity index is 1.01. The van der Waals surface area contributed by atoms with Crippen LogP contribution >= 0.6 is 0 Å². The molecular formula is C32H30N8O2. The number of piperidine rings is 1. The van der Waals surface area contributed by atoms with E-state index in [2.05, 4.69) is 49.6 Å². The van der Waals surface area contributed by atoms with E-state index in [0.717, 1.165) is 42.1 Å². The van der Waals surface area contributed by atoms with Crippen LogP contribution in [0.1, 0.15) is 18.4 Å². The molecule has 1 saturated heterocycles. The van der Waals surface area contributed by atoms with Gasteiger partial charge in [0.2, 0.25) is 0 Å². The van der Waals surface area contributed by atoms with Crippen molar-refractivity contribution < 1.29 is 5.11 Å². The van der Waals surface area contributed by atoms with Gasteiger partial charge in [-0.25, -0.2) is 14.3 Å². The van der Waals surface area contributed by atoms with Crippen molar-refractivity contribution in [1.82, 2.24) is 39.2 Å². The van der Waals surface area contributed by atoms with Gasteiger partial charge in [0.25, 0.3) is 5.56 Å². The quantitative estimate of drug-likeness (QED) is 0.317. The van der Waals surface area contributed by atoms with Gasteiger partial charge in [0, 0.05) is 19.6 Å². The first-order valence-electron chi connectivity index (χ1n) is 14.0. The van der Waals surface area contributed by atoms with E-state index in [4.69, 9.17) is 0 Å². The lowest BCUT2D eigenvalue weighted by atomic mass is 9.91. The minimum atomic E-state index is -0.976. The molecule has 10 heteroatoms. The second-order valence-electron chi connectivity index (χ2n) is 10.9. The van der Waals surface area contributed by atoms with Gasteiger partial charge < -0.3 is 5.11 Å². The Morgan fingerprint density at radius 2 is 1.57 bits per heavy atom. The standard InChI is InChI=1S/C32H30N8O2/c41-31-29-20-35-40(28-12-8-26(9-13-28)25-4-2-1-3-5-25)30(29)33-23-38(31)22-32(42)14-17-37(18-15-32)21-24-6-10-27(11-7-24)39-19-16-34-36-39/h1-13,16,19-20,23,42H,14-15,17-18,21-22H2. The van der Waals surface area contributed by atoms with E-state index in [1.807, 2.05) is 60.8 Å². The number of benzene rings is 3. The molecule has 1 aliphatic heterocycles. The molecule has 6 aromatic rings.